The van der Waals surface area contributed by atoms with Crippen LogP contribution in [-0.2, 0) is 0 Å². The van der Waals surface area contributed by atoms with E-state index in [2.05, 4.69) is 16.8 Å². The van der Waals surface area contributed by atoms with Crippen molar-refractivity contribution in [1.29, 1.82) is 0 Å². The molecule has 0 radical (unpaired) electrons. The first kappa shape index (κ1) is 16.7. The van der Waals surface area contributed by atoms with Gasteiger partial charge in [0, 0.05) is 28.6 Å². The van der Waals surface area contributed by atoms with E-state index < -0.39 is 0 Å². The molecule has 3 atom stereocenters. The highest BCUT2D eigenvalue weighted by molar-refractivity contribution is 8.14. The number of benzene rings is 1. The lowest BCUT2D eigenvalue weighted by Gasteiger charge is -2.32. The van der Waals surface area contributed by atoms with Crippen LogP contribution in [0, 0.1) is 0 Å². The number of fused-ring (bicyclic) bond motifs is 1. The molecule has 0 N–H and O–H groups in total. The highest BCUT2D eigenvalue weighted by Crippen LogP contribution is 2.50. The van der Waals surface area contributed by atoms with Crippen LogP contribution >= 0.6 is 23.4 Å². The number of hydrogen-bond acceptors (Lipinski definition) is 5. The first-order valence-corrected chi connectivity index (χ1v) is 9.82. The molecule has 130 valence electrons. The molecule has 2 aliphatic heterocycles. The molecule has 1 aromatic carbocycles. The van der Waals surface area contributed by atoms with Crippen LogP contribution in [0.15, 0.2) is 47.6 Å². The van der Waals surface area contributed by atoms with Crippen LogP contribution in [0.2, 0.25) is 5.02 Å². The van der Waals surface area contributed by atoms with Crippen molar-refractivity contribution in [2.45, 2.75) is 31.5 Å². The Morgan fingerprint density at radius 3 is 2.92 bits per heavy atom. The molecule has 25 heavy (non-hydrogen) atoms. The lowest BCUT2D eigenvalue weighted by molar-refractivity contribution is 0.249. The summed E-state index contributed by atoms with van der Waals surface area (Å²) in [5, 5.41) is 1.82. The molecular formula is C19H20ClN3OS. The number of halogens is 1. The third-order valence-corrected chi connectivity index (χ3v) is 6.20. The lowest BCUT2D eigenvalue weighted by atomic mass is 9.94. The monoisotopic (exact) mass is 373 g/mol. The van der Waals surface area contributed by atoms with Crippen LogP contribution in [0.5, 0.6) is 5.75 Å². The molecule has 6 heteroatoms. The Labute approximate surface area is 157 Å². The average Bonchev–Trinajstić information content (AvgIpc) is 3.21. The Balaban J connectivity index is 1.85. The Bertz CT molecular complexity index is 799. The summed E-state index contributed by atoms with van der Waals surface area (Å²) < 4.78 is 5.65. The Morgan fingerprint density at radius 1 is 1.32 bits per heavy atom. The smallest absolute Gasteiger partial charge is 0.160 e. The van der Waals surface area contributed by atoms with Gasteiger partial charge in [-0.3, -0.25) is 9.98 Å². The molecule has 0 amide bonds. The maximum absolute atomic E-state index is 6.33. The largest absolute Gasteiger partial charge is 0.496 e. The van der Waals surface area contributed by atoms with E-state index >= 15 is 0 Å². The van der Waals surface area contributed by atoms with Gasteiger partial charge in [-0.05, 0) is 36.8 Å². The number of amidine groups is 1. The predicted octanol–water partition coefficient (Wildman–Crippen LogP) is 4.72. The number of nitrogens with zero attached hydrogens (tertiary/aromatic N) is 3. The van der Waals surface area contributed by atoms with Crippen LogP contribution < -0.4 is 4.74 Å². The molecule has 1 fully saturated rings. The van der Waals surface area contributed by atoms with Crippen molar-refractivity contribution in [1.82, 2.24) is 9.88 Å². The Morgan fingerprint density at radius 2 is 2.20 bits per heavy atom. The number of methoxy groups -OCH3 is 1. The highest BCUT2D eigenvalue weighted by Gasteiger charge is 2.46. The summed E-state index contributed by atoms with van der Waals surface area (Å²) in [6.07, 6.45) is 2.91. The zero-order valence-electron chi connectivity index (χ0n) is 14.2. The second kappa shape index (κ2) is 6.89. The molecule has 0 aliphatic carbocycles. The van der Waals surface area contributed by atoms with Gasteiger partial charge in [-0.1, -0.05) is 36.4 Å². The van der Waals surface area contributed by atoms with Crippen molar-refractivity contribution >= 4 is 28.5 Å². The molecule has 0 bridgehead atoms. The standard InChI is InChI=1S/C19H20ClN3OS/c1-3-13-11-25-19-22-17(15-6-4-5-9-21-15)18(23(13)19)14-10-12(20)7-8-16(14)24-2/h4-10,13,17-18H,3,11H2,1-2H3/t13-,17-,18+/m1/s1. The van der Waals surface area contributed by atoms with Crippen molar-refractivity contribution in [3.8, 4) is 5.75 Å². The number of thioether (sulfide) groups is 1. The van der Waals surface area contributed by atoms with Gasteiger partial charge >= 0.3 is 0 Å². The van der Waals surface area contributed by atoms with Gasteiger partial charge in [-0.2, -0.15) is 0 Å². The van der Waals surface area contributed by atoms with Crippen molar-refractivity contribution < 1.29 is 4.74 Å². The van der Waals surface area contributed by atoms with Gasteiger partial charge in [0.1, 0.15) is 11.8 Å². The van der Waals surface area contributed by atoms with E-state index in [1.54, 1.807) is 7.11 Å². The minimum atomic E-state index is -0.0505. The van der Waals surface area contributed by atoms with Gasteiger partial charge in [-0.15, -0.1) is 0 Å². The molecular weight excluding hydrogens is 354 g/mol. The molecule has 0 unspecified atom stereocenters. The van der Waals surface area contributed by atoms with Gasteiger partial charge in [0.2, 0.25) is 0 Å². The van der Waals surface area contributed by atoms with Gasteiger partial charge in [0.05, 0.1) is 18.8 Å². The number of aromatic nitrogens is 1. The van der Waals surface area contributed by atoms with E-state index in [0.29, 0.717) is 11.1 Å². The topological polar surface area (TPSA) is 37.7 Å². The summed E-state index contributed by atoms with van der Waals surface area (Å²) in [7, 11) is 1.70. The van der Waals surface area contributed by atoms with Crippen LogP contribution in [0.1, 0.15) is 36.7 Å². The third kappa shape index (κ3) is 2.89. The maximum Gasteiger partial charge on any atom is 0.160 e. The van der Waals surface area contributed by atoms with Crippen LogP contribution in [-0.4, -0.2) is 34.0 Å². The minimum absolute atomic E-state index is 0.0505. The van der Waals surface area contributed by atoms with Crippen molar-refractivity contribution in [2.75, 3.05) is 12.9 Å². The lowest BCUT2D eigenvalue weighted by Crippen LogP contribution is -2.35. The zero-order chi connectivity index (χ0) is 17.4. The van der Waals surface area contributed by atoms with Crippen LogP contribution in [0.3, 0.4) is 0 Å². The Kier molecular flexibility index (Phi) is 4.61. The third-order valence-electron chi connectivity index (χ3n) is 4.84. The molecule has 0 saturated carbocycles. The Hall–Kier alpha value is -1.72. The predicted molar refractivity (Wildman–Crippen MR) is 104 cm³/mol. The first-order valence-electron chi connectivity index (χ1n) is 8.46. The number of aliphatic imine (C=N–C) groups is 1. The molecule has 2 aromatic rings. The van der Waals surface area contributed by atoms with Crippen molar-refractivity contribution in [2.24, 2.45) is 4.99 Å². The molecule has 1 saturated heterocycles. The molecule has 4 rings (SSSR count). The summed E-state index contributed by atoms with van der Waals surface area (Å²) in [6.45, 7) is 2.23. The van der Waals surface area contributed by atoms with Gasteiger partial charge in [0.25, 0.3) is 0 Å². The molecule has 4 nitrogen and oxygen atoms in total. The van der Waals surface area contributed by atoms with Crippen LogP contribution in [0.25, 0.3) is 0 Å². The maximum atomic E-state index is 6.33. The second-order valence-corrected chi connectivity index (χ2v) is 7.65. The molecule has 0 spiro atoms. The molecule has 1 aromatic heterocycles. The fourth-order valence-electron chi connectivity index (χ4n) is 3.62. The number of hydrogen-bond donors (Lipinski definition) is 0. The summed E-state index contributed by atoms with van der Waals surface area (Å²) >= 11 is 8.16. The number of ether oxygens (including phenoxy) is 1. The fraction of sp³-hybridized carbons (Fsp3) is 0.368. The van der Waals surface area contributed by atoms with E-state index in [1.165, 1.54) is 0 Å². The average molecular weight is 374 g/mol. The summed E-state index contributed by atoms with van der Waals surface area (Å²) in [6, 6.07) is 12.3. The second-order valence-electron chi connectivity index (χ2n) is 6.22. The molecule has 3 heterocycles. The van der Waals surface area contributed by atoms with E-state index in [4.69, 9.17) is 21.3 Å². The fourth-order valence-corrected chi connectivity index (χ4v) is 5.14. The minimum Gasteiger partial charge on any atom is -0.496 e. The number of pyridine rings is 1. The SMILES string of the molecule is CC[C@@H]1CSC2=N[C@H](c3ccccn3)[C@H](c3cc(Cl)ccc3OC)N21. The van der Waals surface area contributed by atoms with Gasteiger partial charge in [-0.25, -0.2) is 0 Å². The normalized spacial score (nSPS) is 25.0. The first-order chi connectivity index (χ1) is 12.2. The highest BCUT2D eigenvalue weighted by atomic mass is 35.5. The summed E-state index contributed by atoms with van der Waals surface area (Å²) in [5.74, 6) is 1.92. The van der Waals surface area contributed by atoms with E-state index in [0.717, 1.165) is 34.3 Å². The van der Waals surface area contributed by atoms with E-state index in [9.17, 15) is 0 Å². The summed E-state index contributed by atoms with van der Waals surface area (Å²) in [4.78, 5) is 12.0. The quantitative estimate of drug-likeness (QED) is 0.776. The molecule has 2 aliphatic rings. The van der Waals surface area contributed by atoms with Gasteiger partial charge in [0.15, 0.2) is 5.17 Å². The van der Waals surface area contributed by atoms with Gasteiger partial charge < -0.3 is 9.64 Å². The van der Waals surface area contributed by atoms with E-state index in [-0.39, 0.29) is 12.1 Å². The zero-order valence-corrected chi connectivity index (χ0v) is 15.8. The number of rotatable bonds is 4. The van der Waals surface area contributed by atoms with Crippen molar-refractivity contribution in [3.05, 3.63) is 58.9 Å². The van der Waals surface area contributed by atoms with E-state index in [1.807, 2.05) is 54.4 Å². The van der Waals surface area contributed by atoms with Crippen LogP contribution in [0.4, 0.5) is 0 Å². The summed E-state index contributed by atoms with van der Waals surface area (Å²) in [5.41, 5.74) is 2.05. The van der Waals surface area contributed by atoms with Crippen molar-refractivity contribution in [3.63, 3.8) is 0 Å².